The van der Waals surface area contributed by atoms with Crippen LogP contribution in [0.5, 0.6) is 11.5 Å². The number of benzene rings is 2. The molecule has 0 unspecified atom stereocenters. The van der Waals surface area contributed by atoms with E-state index in [1.54, 1.807) is 38.6 Å². The SMILES string of the molecule is COc1ccc(-c2csc(/C(C#N)=C/Nc3cccc(C(C)=O)c3)n2)cc1OC. The molecule has 0 saturated heterocycles. The van der Waals surface area contributed by atoms with Gasteiger partial charge in [0.25, 0.3) is 0 Å². The van der Waals surface area contributed by atoms with Gasteiger partial charge in [-0.1, -0.05) is 12.1 Å². The Labute approximate surface area is 173 Å². The maximum atomic E-state index is 11.5. The number of ether oxygens (including phenoxy) is 2. The molecule has 3 rings (SSSR count). The van der Waals surface area contributed by atoms with Crippen LogP contribution in [0.25, 0.3) is 16.8 Å². The van der Waals surface area contributed by atoms with Gasteiger partial charge in [0.2, 0.25) is 0 Å². The summed E-state index contributed by atoms with van der Waals surface area (Å²) in [4.78, 5) is 16.1. The van der Waals surface area contributed by atoms with E-state index in [0.29, 0.717) is 27.6 Å². The number of allylic oxidation sites excluding steroid dienone is 1. The van der Waals surface area contributed by atoms with Crippen LogP contribution in [0, 0.1) is 11.3 Å². The van der Waals surface area contributed by atoms with E-state index in [1.807, 2.05) is 29.6 Å². The van der Waals surface area contributed by atoms with Crippen LogP contribution >= 0.6 is 11.3 Å². The number of carbonyl (C=O) groups excluding carboxylic acids is 1. The third-order valence-corrected chi connectivity index (χ3v) is 5.06. The Morgan fingerprint density at radius 3 is 2.66 bits per heavy atom. The molecule has 1 heterocycles. The number of anilines is 1. The van der Waals surface area contributed by atoms with E-state index in [2.05, 4.69) is 16.4 Å². The summed E-state index contributed by atoms with van der Waals surface area (Å²) >= 11 is 1.38. The highest BCUT2D eigenvalue weighted by Crippen LogP contribution is 2.33. The molecular weight excluding hydrogens is 386 g/mol. The summed E-state index contributed by atoms with van der Waals surface area (Å²) in [5.41, 5.74) is 3.33. The van der Waals surface area contributed by atoms with Gasteiger partial charge in [0.15, 0.2) is 17.3 Å². The minimum Gasteiger partial charge on any atom is -0.493 e. The quantitative estimate of drug-likeness (QED) is 0.439. The highest BCUT2D eigenvalue weighted by molar-refractivity contribution is 7.11. The number of hydrogen-bond acceptors (Lipinski definition) is 7. The number of nitrogens with one attached hydrogen (secondary N) is 1. The first kappa shape index (κ1) is 20.1. The molecule has 0 bridgehead atoms. The monoisotopic (exact) mass is 405 g/mol. The maximum Gasteiger partial charge on any atom is 0.161 e. The van der Waals surface area contributed by atoms with E-state index in [-0.39, 0.29) is 5.78 Å². The Morgan fingerprint density at radius 1 is 1.17 bits per heavy atom. The second-order valence-corrected chi connectivity index (χ2v) is 6.92. The summed E-state index contributed by atoms with van der Waals surface area (Å²) < 4.78 is 10.6. The molecule has 0 aliphatic heterocycles. The van der Waals surface area contributed by atoms with Gasteiger partial charge in [0, 0.05) is 28.4 Å². The van der Waals surface area contributed by atoms with Crippen molar-refractivity contribution in [3.05, 3.63) is 64.6 Å². The first-order chi connectivity index (χ1) is 14.0. The number of carbonyl (C=O) groups is 1. The van der Waals surface area contributed by atoms with Crippen LogP contribution in [0.4, 0.5) is 5.69 Å². The van der Waals surface area contributed by atoms with Crippen molar-refractivity contribution >= 4 is 28.4 Å². The van der Waals surface area contributed by atoms with Crippen molar-refractivity contribution in [2.75, 3.05) is 19.5 Å². The smallest absolute Gasteiger partial charge is 0.161 e. The molecule has 1 N–H and O–H groups in total. The van der Waals surface area contributed by atoms with Gasteiger partial charge in [-0.2, -0.15) is 5.26 Å². The Hall–Kier alpha value is -3.63. The molecule has 0 aliphatic carbocycles. The molecule has 0 saturated carbocycles. The molecule has 0 radical (unpaired) electrons. The number of thiazole rings is 1. The second kappa shape index (κ2) is 9.04. The number of methoxy groups -OCH3 is 2. The molecule has 0 aliphatic rings. The number of rotatable bonds is 7. The van der Waals surface area contributed by atoms with E-state index >= 15 is 0 Å². The highest BCUT2D eigenvalue weighted by atomic mass is 32.1. The fraction of sp³-hybridized carbons (Fsp3) is 0.136. The van der Waals surface area contributed by atoms with Crippen LogP contribution in [0.15, 0.2) is 54.0 Å². The molecule has 3 aromatic rings. The van der Waals surface area contributed by atoms with Crippen LogP contribution in [-0.4, -0.2) is 25.0 Å². The lowest BCUT2D eigenvalue weighted by Crippen LogP contribution is -1.95. The fourth-order valence-corrected chi connectivity index (χ4v) is 3.45. The first-order valence-corrected chi connectivity index (χ1v) is 9.59. The summed E-state index contributed by atoms with van der Waals surface area (Å²) in [6.45, 7) is 1.51. The minimum absolute atomic E-state index is 0.0161. The predicted octanol–water partition coefficient (Wildman–Crippen LogP) is 5.01. The number of aromatic nitrogens is 1. The third kappa shape index (κ3) is 4.62. The van der Waals surface area contributed by atoms with Gasteiger partial charge in [0.05, 0.1) is 19.9 Å². The number of hydrogen-bond donors (Lipinski definition) is 1. The van der Waals surface area contributed by atoms with Gasteiger partial charge >= 0.3 is 0 Å². The fourth-order valence-electron chi connectivity index (χ4n) is 2.65. The summed E-state index contributed by atoms with van der Waals surface area (Å²) in [6.07, 6.45) is 1.59. The van der Waals surface area contributed by atoms with Crippen LogP contribution in [0.2, 0.25) is 0 Å². The number of nitrogens with zero attached hydrogens (tertiary/aromatic N) is 2. The summed E-state index contributed by atoms with van der Waals surface area (Å²) in [7, 11) is 3.17. The molecule has 29 heavy (non-hydrogen) atoms. The van der Waals surface area contributed by atoms with E-state index < -0.39 is 0 Å². The number of ketones is 1. The van der Waals surface area contributed by atoms with E-state index in [4.69, 9.17) is 9.47 Å². The number of nitriles is 1. The molecular formula is C22H19N3O3S. The summed E-state index contributed by atoms with van der Waals surface area (Å²) in [5, 5.41) is 15.1. The van der Waals surface area contributed by atoms with E-state index in [1.165, 1.54) is 18.3 Å². The van der Waals surface area contributed by atoms with Gasteiger partial charge in [-0.15, -0.1) is 11.3 Å². The number of Topliss-reactive ketones (excluding diaryl/α,β-unsaturated/α-hetero) is 1. The lowest BCUT2D eigenvalue weighted by atomic mass is 10.1. The van der Waals surface area contributed by atoms with E-state index in [0.717, 1.165) is 16.9 Å². The van der Waals surface area contributed by atoms with Gasteiger partial charge < -0.3 is 14.8 Å². The molecule has 146 valence electrons. The van der Waals surface area contributed by atoms with Crippen LogP contribution < -0.4 is 14.8 Å². The van der Waals surface area contributed by atoms with Gasteiger partial charge in [-0.05, 0) is 37.3 Å². The molecule has 0 spiro atoms. The van der Waals surface area contributed by atoms with Crippen molar-refractivity contribution in [1.82, 2.24) is 4.98 Å². The van der Waals surface area contributed by atoms with Gasteiger partial charge in [-0.25, -0.2) is 4.98 Å². The zero-order valence-electron chi connectivity index (χ0n) is 16.2. The Balaban J connectivity index is 1.84. The lowest BCUT2D eigenvalue weighted by molar-refractivity contribution is 0.101. The third-order valence-electron chi connectivity index (χ3n) is 4.19. The average molecular weight is 405 g/mol. The Morgan fingerprint density at radius 2 is 1.97 bits per heavy atom. The predicted molar refractivity (Wildman–Crippen MR) is 114 cm³/mol. The zero-order chi connectivity index (χ0) is 20.8. The standard InChI is InChI=1S/C22H19N3O3S/c1-14(26)15-5-4-6-18(9-15)24-12-17(11-23)22-25-19(13-29-22)16-7-8-20(27-2)21(10-16)28-3/h4-10,12-13,24H,1-3H3/b17-12+. The molecule has 0 amide bonds. The van der Waals surface area contributed by atoms with Gasteiger partial charge in [-0.3, -0.25) is 4.79 Å². The normalized spacial score (nSPS) is 10.9. The molecule has 7 heteroatoms. The topological polar surface area (TPSA) is 84.2 Å². The largest absolute Gasteiger partial charge is 0.493 e. The Bertz CT molecular complexity index is 1110. The van der Waals surface area contributed by atoms with Crippen LogP contribution in [0.3, 0.4) is 0 Å². The molecule has 2 aromatic carbocycles. The average Bonchev–Trinajstić information content (AvgIpc) is 3.24. The first-order valence-electron chi connectivity index (χ1n) is 8.71. The van der Waals surface area contributed by atoms with Crippen molar-refractivity contribution < 1.29 is 14.3 Å². The minimum atomic E-state index is -0.0161. The van der Waals surface area contributed by atoms with Crippen molar-refractivity contribution in [3.63, 3.8) is 0 Å². The van der Waals surface area contributed by atoms with E-state index in [9.17, 15) is 10.1 Å². The molecule has 0 atom stereocenters. The lowest BCUT2D eigenvalue weighted by Gasteiger charge is -2.08. The van der Waals surface area contributed by atoms with Crippen molar-refractivity contribution in [2.45, 2.75) is 6.92 Å². The van der Waals surface area contributed by atoms with Crippen LogP contribution in [-0.2, 0) is 0 Å². The van der Waals surface area contributed by atoms with Crippen molar-refractivity contribution in [2.24, 2.45) is 0 Å². The zero-order valence-corrected chi connectivity index (χ0v) is 17.0. The van der Waals surface area contributed by atoms with Crippen molar-refractivity contribution in [1.29, 1.82) is 5.26 Å². The highest BCUT2D eigenvalue weighted by Gasteiger charge is 2.12. The summed E-state index contributed by atoms with van der Waals surface area (Å²) in [6, 6.07) is 14.8. The summed E-state index contributed by atoms with van der Waals surface area (Å²) in [5.74, 6) is 1.24. The van der Waals surface area contributed by atoms with Gasteiger partial charge in [0.1, 0.15) is 16.6 Å². The van der Waals surface area contributed by atoms with Crippen LogP contribution in [0.1, 0.15) is 22.3 Å². The molecule has 6 nitrogen and oxygen atoms in total. The molecule has 0 fully saturated rings. The second-order valence-electron chi connectivity index (χ2n) is 6.06. The van der Waals surface area contributed by atoms with Crippen molar-refractivity contribution in [3.8, 4) is 28.8 Å². The Kier molecular flexibility index (Phi) is 6.27. The molecule has 1 aromatic heterocycles. The maximum absolute atomic E-state index is 11.5.